The number of nitrogens with zero attached hydrogens (tertiary/aromatic N) is 2. The van der Waals surface area contributed by atoms with Crippen LogP contribution >= 0.6 is 11.6 Å². The van der Waals surface area contributed by atoms with Gasteiger partial charge in [0.2, 0.25) is 0 Å². The number of hydrogen-bond donors (Lipinski definition) is 0. The molecule has 0 spiro atoms. The lowest BCUT2D eigenvalue weighted by Crippen LogP contribution is -2.31. The second kappa shape index (κ2) is 4.70. The molecular formula is C21H15ClN2O. The van der Waals surface area contributed by atoms with Gasteiger partial charge in [-0.25, -0.2) is 4.99 Å². The van der Waals surface area contributed by atoms with Gasteiger partial charge in [-0.1, -0.05) is 35.9 Å². The number of halogens is 1. The highest BCUT2D eigenvalue weighted by molar-refractivity contribution is 6.45. The van der Waals surface area contributed by atoms with E-state index in [1.54, 1.807) is 4.90 Å². The fourth-order valence-electron chi connectivity index (χ4n) is 3.94. The van der Waals surface area contributed by atoms with Crippen molar-refractivity contribution >= 4 is 45.5 Å². The van der Waals surface area contributed by atoms with Crippen LogP contribution in [0, 0.1) is 20.8 Å². The van der Waals surface area contributed by atoms with Crippen molar-refractivity contribution in [2.45, 2.75) is 20.8 Å². The summed E-state index contributed by atoms with van der Waals surface area (Å²) in [6.45, 7) is 6.05. The van der Waals surface area contributed by atoms with E-state index in [1.807, 2.05) is 57.2 Å². The zero-order valence-electron chi connectivity index (χ0n) is 14.1. The Morgan fingerprint density at radius 3 is 2.40 bits per heavy atom. The summed E-state index contributed by atoms with van der Waals surface area (Å²) in [4.78, 5) is 19.9. The molecule has 0 N–H and O–H groups in total. The first-order valence-electron chi connectivity index (χ1n) is 8.25. The lowest BCUT2D eigenvalue weighted by molar-refractivity contribution is 0.101. The number of fused-ring (bicyclic) bond motifs is 4. The second-order valence-corrected chi connectivity index (χ2v) is 7.05. The van der Waals surface area contributed by atoms with Crippen molar-refractivity contribution in [3.8, 4) is 0 Å². The summed E-state index contributed by atoms with van der Waals surface area (Å²) >= 11 is 6.59. The van der Waals surface area contributed by atoms with Gasteiger partial charge >= 0.3 is 0 Å². The molecule has 1 amide bonds. The molecule has 25 heavy (non-hydrogen) atoms. The van der Waals surface area contributed by atoms with Gasteiger partial charge < -0.3 is 0 Å². The molecule has 0 saturated carbocycles. The number of carbonyl (C=O) groups is 1. The Morgan fingerprint density at radius 2 is 1.64 bits per heavy atom. The van der Waals surface area contributed by atoms with E-state index in [4.69, 9.17) is 16.6 Å². The molecule has 5 rings (SSSR count). The fourth-order valence-corrected chi connectivity index (χ4v) is 4.26. The summed E-state index contributed by atoms with van der Waals surface area (Å²) in [6, 6.07) is 12.0. The number of rotatable bonds is 0. The fraction of sp³-hybridized carbons (Fsp3) is 0.143. The van der Waals surface area contributed by atoms with Crippen molar-refractivity contribution in [1.29, 1.82) is 0 Å². The van der Waals surface area contributed by atoms with Crippen molar-refractivity contribution in [3.05, 3.63) is 69.2 Å². The highest BCUT2D eigenvalue weighted by Gasteiger charge is 2.41. The smallest absolute Gasteiger partial charge is 0.266 e. The minimum atomic E-state index is -0.0908. The van der Waals surface area contributed by atoms with Crippen LogP contribution in [0.5, 0.6) is 0 Å². The van der Waals surface area contributed by atoms with Crippen LogP contribution in [0.25, 0.3) is 10.8 Å². The zero-order valence-corrected chi connectivity index (χ0v) is 14.9. The predicted molar refractivity (Wildman–Crippen MR) is 103 cm³/mol. The minimum Gasteiger partial charge on any atom is -0.268 e. The van der Waals surface area contributed by atoms with E-state index in [2.05, 4.69) is 0 Å². The van der Waals surface area contributed by atoms with Crippen LogP contribution in [0.15, 0.2) is 41.4 Å². The number of hydrogen-bond acceptors (Lipinski definition) is 2. The van der Waals surface area contributed by atoms with Gasteiger partial charge in [-0.05, 0) is 55.0 Å². The van der Waals surface area contributed by atoms with Crippen molar-refractivity contribution in [2.24, 2.45) is 4.99 Å². The maximum atomic E-state index is 13.3. The number of aliphatic imine (C=N–C) groups is 1. The van der Waals surface area contributed by atoms with Gasteiger partial charge in [-0.3, -0.25) is 9.69 Å². The first kappa shape index (κ1) is 14.7. The van der Waals surface area contributed by atoms with Gasteiger partial charge in [0.1, 0.15) is 5.84 Å². The van der Waals surface area contributed by atoms with Crippen molar-refractivity contribution in [2.75, 3.05) is 4.90 Å². The normalized spacial score (nSPS) is 14.6. The summed E-state index contributed by atoms with van der Waals surface area (Å²) in [7, 11) is 0. The average Bonchev–Trinajstić information content (AvgIpc) is 2.91. The van der Waals surface area contributed by atoms with Gasteiger partial charge in [0.05, 0.1) is 22.0 Å². The summed E-state index contributed by atoms with van der Waals surface area (Å²) in [5.41, 5.74) is 6.35. The molecule has 0 aliphatic carbocycles. The van der Waals surface area contributed by atoms with E-state index in [0.29, 0.717) is 16.4 Å². The van der Waals surface area contributed by atoms with Crippen LogP contribution < -0.4 is 4.90 Å². The molecule has 0 fully saturated rings. The molecule has 0 saturated heterocycles. The highest BCUT2D eigenvalue weighted by atomic mass is 35.5. The number of anilines is 1. The number of benzene rings is 3. The minimum absolute atomic E-state index is 0.0908. The Kier molecular flexibility index (Phi) is 2.76. The van der Waals surface area contributed by atoms with Gasteiger partial charge in [0.25, 0.3) is 5.91 Å². The van der Waals surface area contributed by atoms with E-state index in [-0.39, 0.29) is 5.91 Å². The van der Waals surface area contributed by atoms with E-state index in [9.17, 15) is 4.79 Å². The molecule has 3 aromatic carbocycles. The van der Waals surface area contributed by atoms with Crippen LogP contribution in [-0.2, 0) is 0 Å². The Bertz CT molecular complexity index is 1160. The first-order chi connectivity index (χ1) is 12.0. The van der Waals surface area contributed by atoms with E-state index in [1.165, 1.54) is 0 Å². The van der Waals surface area contributed by atoms with Crippen LogP contribution in [0.2, 0.25) is 5.02 Å². The lowest BCUT2D eigenvalue weighted by Gasteiger charge is -2.24. The number of carbonyl (C=O) groups excluding carboxylic acids is 1. The third-order valence-electron chi connectivity index (χ3n) is 5.48. The van der Waals surface area contributed by atoms with E-state index >= 15 is 0 Å². The van der Waals surface area contributed by atoms with E-state index < -0.39 is 0 Å². The third kappa shape index (κ3) is 1.66. The van der Waals surface area contributed by atoms with Gasteiger partial charge in [-0.2, -0.15) is 0 Å². The second-order valence-electron chi connectivity index (χ2n) is 6.67. The molecule has 2 aliphatic heterocycles. The molecule has 4 heteroatoms. The summed E-state index contributed by atoms with van der Waals surface area (Å²) in [5.74, 6) is 0.598. The maximum Gasteiger partial charge on any atom is 0.266 e. The van der Waals surface area contributed by atoms with Crippen molar-refractivity contribution in [1.82, 2.24) is 0 Å². The quantitative estimate of drug-likeness (QED) is 0.531. The molecule has 0 aromatic heterocycles. The summed E-state index contributed by atoms with van der Waals surface area (Å²) in [6.07, 6.45) is 0. The Morgan fingerprint density at radius 1 is 0.920 bits per heavy atom. The Labute approximate surface area is 150 Å². The van der Waals surface area contributed by atoms with Crippen LogP contribution in [-0.4, -0.2) is 11.7 Å². The SMILES string of the molecule is Cc1c(C)c(Cl)c2c(c1C)C1=Nc3cccc4cccc(c34)N1C2=O. The monoisotopic (exact) mass is 346 g/mol. The molecule has 122 valence electrons. The lowest BCUT2D eigenvalue weighted by atomic mass is 9.94. The van der Waals surface area contributed by atoms with Gasteiger partial charge in [0.15, 0.2) is 0 Å². The van der Waals surface area contributed by atoms with Crippen molar-refractivity contribution < 1.29 is 4.79 Å². The molecule has 0 radical (unpaired) electrons. The topological polar surface area (TPSA) is 32.7 Å². The van der Waals surface area contributed by atoms with E-state index in [0.717, 1.165) is 44.4 Å². The molecular weight excluding hydrogens is 332 g/mol. The average molecular weight is 347 g/mol. The van der Waals surface area contributed by atoms with Crippen LogP contribution in [0.1, 0.15) is 32.6 Å². The van der Waals surface area contributed by atoms with Crippen LogP contribution in [0.4, 0.5) is 11.4 Å². The molecule has 3 aromatic rings. The number of amides is 1. The molecule has 2 heterocycles. The Balaban J connectivity index is 1.93. The van der Waals surface area contributed by atoms with Gasteiger partial charge in [0, 0.05) is 10.9 Å². The standard InChI is InChI=1S/C21H15ClN2O/c1-10-11(2)16-18(19(22)12(10)3)21(25)24-15-9-5-7-13-6-4-8-14(17(13)15)23-20(16)24/h4-9H,1-3H3. The third-order valence-corrected chi connectivity index (χ3v) is 5.95. The Hall–Kier alpha value is -2.65. The first-order valence-corrected chi connectivity index (χ1v) is 8.63. The molecule has 0 unspecified atom stereocenters. The summed E-state index contributed by atoms with van der Waals surface area (Å²) in [5, 5.41) is 2.63. The molecule has 0 atom stereocenters. The zero-order chi connectivity index (χ0) is 17.5. The maximum absolute atomic E-state index is 13.3. The number of amidine groups is 1. The van der Waals surface area contributed by atoms with Crippen molar-refractivity contribution in [3.63, 3.8) is 0 Å². The largest absolute Gasteiger partial charge is 0.268 e. The molecule has 0 bridgehead atoms. The molecule has 2 aliphatic rings. The molecule has 3 nitrogen and oxygen atoms in total. The van der Waals surface area contributed by atoms with Gasteiger partial charge in [-0.15, -0.1) is 0 Å². The summed E-state index contributed by atoms with van der Waals surface area (Å²) < 4.78 is 0. The highest BCUT2D eigenvalue weighted by Crippen LogP contribution is 2.46. The predicted octanol–water partition coefficient (Wildman–Crippen LogP) is 5.47. The van der Waals surface area contributed by atoms with Crippen LogP contribution in [0.3, 0.4) is 0 Å².